The van der Waals surface area contributed by atoms with E-state index in [1.54, 1.807) is 32.2 Å². The number of aromatic nitrogens is 1. The van der Waals surface area contributed by atoms with Crippen LogP contribution < -0.4 is 10.9 Å². The number of hydrogen-bond acceptors (Lipinski definition) is 5. The summed E-state index contributed by atoms with van der Waals surface area (Å²) >= 11 is 0. The molecule has 0 atom stereocenters. The molecule has 1 heterocycles. The number of hydrazine groups is 1. The largest absolute Gasteiger partial charge is 0.301 e. The van der Waals surface area contributed by atoms with Gasteiger partial charge in [0.15, 0.2) is 0 Å². The van der Waals surface area contributed by atoms with E-state index in [-0.39, 0.29) is 11.6 Å². The van der Waals surface area contributed by atoms with Crippen molar-refractivity contribution in [1.29, 1.82) is 0 Å². The maximum atomic E-state index is 11.5. The van der Waals surface area contributed by atoms with Crippen molar-refractivity contribution in [3.05, 3.63) is 46.4 Å². The second-order valence-electron chi connectivity index (χ2n) is 3.12. The second kappa shape index (κ2) is 5.59. The summed E-state index contributed by atoms with van der Waals surface area (Å²) in [4.78, 5) is 25.5. The number of pyridine rings is 1. The zero-order chi connectivity index (χ0) is 12.0. The predicted molar refractivity (Wildman–Crippen MR) is 59.0 cm³/mol. The minimum absolute atomic E-state index is 0.284. The molecular weight excluding hydrogens is 208 g/mol. The molecule has 6 heteroatoms. The van der Waals surface area contributed by atoms with Gasteiger partial charge in [0.1, 0.15) is 5.70 Å². The van der Waals surface area contributed by atoms with E-state index in [9.17, 15) is 9.70 Å². The first-order valence-corrected chi connectivity index (χ1v) is 4.62. The molecule has 0 radical (unpaired) electrons. The highest BCUT2D eigenvalue weighted by molar-refractivity contribution is 5.93. The van der Waals surface area contributed by atoms with Crippen LogP contribution in [0.25, 0.3) is 0 Å². The van der Waals surface area contributed by atoms with Crippen molar-refractivity contribution in [2.45, 2.75) is 13.8 Å². The summed E-state index contributed by atoms with van der Waals surface area (Å²) in [6.07, 6.45) is 3.02. The predicted octanol–water partition coefficient (Wildman–Crippen LogP) is 1.33. The number of amides is 1. The lowest BCUT2D eigenvalue weighted by Gasteiger charge is -2.08. The molecule has 0 saturated heterocycles. The quantitative estimate of drug-likeness (QED) is 0.592. The first-order chi connectivity index (χ1) is 7.65. The summed E-state index contributed by atoms with van der Waals surface area (Å²) in [6.45, 7) is 3.19. The second-order valence-corrected chi connectivity index (χ2v) is 3.12. The van der Waals surface area contributed by atoms with Gasteiger partial charge in [0, 0.05) is 12.4 Å². The van der Waals surface area contributed by atoms with Crippen molar-refractivity contribution in [2.24, 2.45) is 5.18 Å². The van der Waals surface area contributed by atoms with Gasteiger partial charge in [-0.1, -0.05) is 0 Å². The minimum Gasteiger partial charge on any atom is -0.301 e. The summed E-state index contributed by atoms with van der Waals surface area (Å²) in [7, 11) is 0. The Hall–Kier alpha value is -2.24. The Balaban J connectivity index is 2.58. The van der Waals surface area contributed by atoms with Gasteiger partial charge in [-0.2, -0.15) is 0 Å². The van der Waals surface area contributed by atoms with Gasteiger partial charge in [-0.25, -0.2) is 0 Å². The third-order valence-electron chi connectivity index (χ3n) is 1.97. The molecule has 0 unspecified atom stereocenters. The van der Waals surface area contributed by atoms with Crippen LogP contribution in [0.15, 0.2) is 41.1 Å². The Morgan fingerprint density at radius 1 is 1.38 bits per heavy atom. The number of carbonyl (C=O) groups is 1. The third-order valence-corrected chi connectivity index (χ3v) is 1.97. The molecular formula is C10H12N4O2. The lowest BCUT2D eigenvalue weighted by molar-refractivity contribution is 0.0938. The van der Waals surface area contributed by atoms with E-state index in [0.29, 0.717) is 11.3 Å². The number of allylic oxidation sites excluding steroid dienone is 2. The third kappa shape index (κ3) is 3.16. The van der Waals surface area contributed by atoms with Crippen LogP contribution in [0, 0.1) is 4.91 Å². The lowest BCUT2D eigenvalue weighted by atomic mass is 10.3. The van der Waals surface area contributed by atoms with E-state index in [0.717, 1.165) is 0 Å². The highest BCUT2D eigenvalue weighted by Gasteiger charge is 2.04. The maximum Gasteiger partial charge on any atom is 0.271 e. The van der Waals surface area contributed by atoms with Gasteiger partial charge in [0.05, 0.1) is 11.3 Å². The Labute approximate surface area is 92.7 Å². The Morgan fingerprint density at radius 2 is 2.12 bits per heavy atom. The highest BCUT2D eigenvalue weighted by atomic mass is 16.3. The normalized spacial score (nSPS) is 11.4. The molecule has 0 aliphatic rings. The zero-order valence-corrected chi connectivity index (χ0v) is 9.02. The molecule has 0 saturated carbocycles. The van der Waals surface area contributed by atoms with Crippen LogP contribution in [-0.4, -0.2) is 10.9 Å². The Morgan fingerprint density at radius 3 is 2.69 bits per heavy atom. The molecule has 1 amide bonds. The molecule has 0 aromatic carbocycles. The van der Waals surface area contributed by atoms with E-state index in [1.807, 2.05) is 0 Å². The summed E-state index contributed by atoms with van der Waals surface area (Å²) in [5.74, 6) is -0.328. The van der Waals surface area contributed by atoms with Crippen LogP contribution in [0.1, 0.15) is 24.2 Å². The van der Waals surface area contributed by atoms with Gasteiger partial charge in [-0.15, -0.1) is 4.91 Å². The first-order valence-electron chi connectivity index (χ1n) is 4.62. The fourth-order valence-electron chi connectivity index (χ4n) is 0.879. The number of nitroso groups, excluding NO2 is 1. The highest BCUT2D eigenvalue weighted by Crippen LogP contribution is 1.99. The van der Waals surface area contributed by atoms with Crippen molar-refractivity contribution in [1.82, 2.24) is 15.8 Å². The molecule has 84 valence electrons. The van der Waals surface area contributed by atoms with Crippen molar-refractivity contribution in [3.8, 4) is 0 Å². The number of hydrogen-bond donors (Lipinski definition) is 2. The minimum atomic E-state index is -0.328. The van der Waals surface area contributed by atoms with Gasteiger partial charge in [0.25, 0.3) is 5.91 Å². The van der Waals surface area contributed by atoms with Gasteiger partial charge >= 0.3 is 0 Å². The Kier molecular flexibility index (Phi) is 4.14. The van der Waals surface area contributed by atoms with Crippen LogP contribution in [0.4, 0.5) is 0 Å². The average Bonchev–Trinajstić information content (AvgIpc) is 2.35. The van der Waals surface area contributed by atoms with E-state index in [4.69, 9.17) is 0 Å². The SMILES string of the molecule is C/C(N=O)=C(\C)NNC(=O)c1cccnc1. The monoisotopic (exact) mass is 220 g/mol. The van der Waals surface area contributed by atoms with Crippen LogP contribution in [0.2, 0.25) is 0 Å². The smallest absolute Gasteiger partial charge is 0.271 e. The van der Waals surface area contributed by atoms with Crippen LogP contribution >= 0.6 is 0 Å². The molecule has 1 rings (SSSR count). The van der Waals surface area contributed by atoms with Gasteiger partial charge in [-0.05, 0) is 31.2 Å². The molecule has 1 aromatic rings. The van der Waals surface area contributed by atoms with Crippen molar-refractivity contribution < 1.29 is 4.79 Å². The van der Waals surface area contributed by atoms with E-state index in [1.165, 1.54) is 6.20 Å². The van der Waals surface area contributed by atoms with E-state index < -0.39 is 0 Å². The fraction of sp³-hybridized carbons (Fsp3) is 0.200. The molecule has 0 fully saturated rings. The summed E-state index contributed by atoms with van der Waals surface area (Å²) in [6, 6.07) is 3.30. The van der Waals surface area contributed by atoms with Gasteiger partial charge in [-0.3, -0.25) is 15.2 Å². The maximum absolute atomic E-state index is 11.5. The summed E-state index contributed by atoms with van der Waals surface area (Å²) < 4.78 is 0. The molecule has 1 aromatic heterocycles. The molecule has 0 spiro atoms. The molecule has 2 N–H and O–H groups in total. The molecule has 16 heavy (non-hydrogen) atoms. The molecule has 0 aliphatic carbocycles. The fourth-order valence-corrected chi connectivity index (χ4v) is 0.879. The van der Waals surface area contributed by atoms with Crippen molar-refractivity contribution in [3.63, 3.8) is 0 Å². The first kappa shape index (κ1) is 11.8. The summed E-state index contributed by atoms with van der Waals surface area (Å²) in [5.41, 5.74) is 6.23. The van der Waals surface area contributed by atoms with Crippen LogP contribution in [0.5, 0.6) is 0 Å². The van der Waals surface area contributed by atoms with Crippen molar-refractivity contribution >= 4 is 5.91 Å². The lowest BCUT2D eigenvalue weighted by Crippen LogP contribution is -2.36. The molecule has 6 nitrogen and oxygen atoms in total. The average molecular weight is 220 g/mol. The number of nitrogens with one attached hydrogen (secondary N) is 2. The van der Waals surface area contributed by atoms with E-state index >= 15 is 0 Å². The summed E-state index contributed by atoms with van der Waals surface area (Å²) in [5, 5.41) is 2.74. The molecule has 0 aliphatic heterocycles. The number of rotatable bonds is 4. The zero-order valence-electron chi connectivity index (χ0n) is 9.02. The van der Waals surface area contributed by atoms with Crippen molar-refractivity contribution in [2.75, 3.05) is 0 Å². The van der Waals surface area contributed by atoms with Crippen LogP contribution in [0.3, 0.4) is 0 Å². The van der Waals surface area contributed by atoms with Gasteiger partial charge < -0.3 is 5.43 Å². The van der Waals surface area contributed by atoms with E-state index in [2.05, 4.69) is 21.0 Å². The Bertz CT molecular complexity index is 414. The topological polar surface area (TPSA) is 83.5 Å². The standard InChI is InChI=1S/C10H12N4O2/c1-7(8(2)14-16)12-13-10(15)9-4-3-5-11-6-9/h3-6,12H,1-2H3,(H,13,15)/b8-7-. The number of nitrogens with zero attached hydrogens (tertiary/aromatic N) is 2. The number of carbonyl (C=O) groups excluding carboxylic acids is 1. The van der Waals surface area contributed by atoms with Crippen LogP contribution in [-0.2, 0) is 0 Å². The van der Waals surface area contributed by atoms with Gasteiger partial charge in [0.2, 0.25) is 0 Å². The molecule has 0 bridgehead atoms.